The number of carbonyl (C=O) groups excluding carboxylic acids is 3. The van der Waals surface area contributed by atoms with Gasteiger partial charge < -0.3 is 15.0 Å². The van der Waals surface area contributed by atoms with Gasteiger partial charge in [-0.25, -0.2) is 4.79 Å². The average Bonchev–Trinajstić information content (AvgIpc) is 3.39. The minimum Gasteiger partial charge on any atom is -0.456 e. The van der Waals surface area contributed by atoms with E-state index in [0.29, 0.717) is 10.4 Å². The van der Waals surface area contributed by atoms with Gasteiger partial charge in [0.25, 0.3) is 5.91 Å². The van der Waals surface area contributed by atoms with Crippen molar-refractivity contribution in [2.75, 3.05) is 6.61 Å². The molecule has 0 fully saturated rings. The number of ketones is 1. The Hall–Kier alpha value is -2.93. The molecule has 3 aromatic rings. The average molecular weight is 413 g/mol. The van der Waals surface area contributed by atoms with Gasteiger partial charge in [-0.15, -0.1) is 11.3 Å². The topological polar surface area (TPSA) is 88.3 Å². The number of aryl methyl sites for hydroxylation is 1. The number of ether oxygens (including phenoxy) is 1. The van der Waals surface area contributed by atoms with E-state index in [1.165, 1.54) is 11.3 Å². The fraction of sp³-hybridized carbons (Fsp3) is 0.318. The summed E-state index contributed by atoms with van der Waals surface area (Å²) in [6, 6.07) is 8.42. The number of carbonyl (C=O) groups is 3. The second kappa shape index (κ2) is 9.05. The number of amides is 1. The van der Waals surface area contributed by atoms with E-state index in [2.05, 4.69) is 17.2 Å². The molecule has 6 nitrogen and oxygen atoms in total. The van der Waals surface area contributed by atoms with Gasteiger partial charge in [0.2, 0.25) is 5.78 Å². The maximum atomic E-state index is 12.6. The number of benzene rings is 1. The molecular formula is C22H24N2O4S. The highest BCUT2D eigenvalue weighted by Crippen LogP contribution is 2.22. The fourth-order valence-electron chi connectivity index (χ4n) is 3.16. The van der Waals surface area contributed by atoms with Crippen LogP contribution in [0.2, 0.25) is 0 Å². The standard InChI is InChI=1S/C22H24N2O4S/c1-4-14-7-5-8-15-16(11-23-20(14)15)17(25)12-28-22(27)19(13(2)3)24-21(26)18-9-6-10-29-18/h5-11,13,19,23H,4,12H2,1-3H3,(H,24,26)/t19-/m1/s1. The molecule has 29 heavy (non-hydrogen) atoms. The number of hydrogen-bond acceptors (Lipinski definition) is 5. The predicted octanol–water partition coefficient (Wildman–Crippen LogP) is 3.97. The summed E-state index contributed by atoms with van der Waals surface area (Å²) < 4.78 is 5.26. The van der Waals surface area contributed by atoms with E-state index in [-0.39, 0.29) is 24.2 Å². The quantitative estimate of drug-likeness (QED) is 0.433. The molecule has 0 aliphatic rings. The Morgan fingerprint density at radius 1 is 1.17 bits per heavy atom. The Labute approximate surface area is 173 Å². The van der Waals surface area contributed by atoms with Crippen LogP contribution in [0.1, 0.15) is 46.4 Å². The number of aromatic amines is 1. The van der Waals surface area contributed by atoms with Gasteiger partial charge in [0.1, 0.15) is 6.04 Å². The summed E-state index contributed by atoms with van der Waals surface area (Å²) in [7, 11) is 0. The molecular weight excluding hydrogens is 388 g/mol. The van der Waals surface area contributed by atoms with Crippen LogP contribution >= 0.6 is 11.3 Å². The van der Waals surface area contributed by atoms with Gasteiger partial charge >= 0.3 is 5.97 Å². The third kappa shape index (κ3) is 4.56. The lowest BCUT2D eigenvalue weighted by atomic mass is 10.0. The van der Waals surface area contributed by atoms with Crippen LogP contribution in [0.4, 0.5) is 0 Å². The van der Waals surface area contributed by atoms with E-state index in [1.54, 1.807) is 23.7 Å². The van der Waals surface area contributed by atoms with Crippen molar-refractivity contribution in [2.45, 2.75) is 33.2 Å². The largest absolute Gasteiger partial charge is 0.456 e. The van der Waals surface area contributed by atoms with Crippen molar-refractivity contribution in [2.24, 2.45) is 5.92 Å². The summed E-state index contributed by atoms with van der Waals surface area (Å²) in [6.45, 7) is 5.30. The highest BCUT2D eigenvalue weighted by Gasteiger charge is 2.27. The summed E-state index contributed by atoms with van der Waals surface area (Å²) in [6.07, 6.45) is 2.50. The van der Waals surface area contributed by atoms with Crippen LogP contribution in [-0.4, -0.2) is 35.3 Å². The Bertz CT molecular complexity index is 1020. The first-order valence-electron chi connectivity index (χ1n) is 9.55. The normalized spacial score (nSPS) is 12.1. The molecule has 152 valence electrons. The van der Waals surface area contributed by atoms with Crippen LogP contribution in [0.15, 0.2) is 41.9 Å². The molecule has 3 rings (SSSR count). The summed E-state index contributed by atoms with van der Waals surface area (Å²) in [4.78, 5) is 41.1. The second-order valence-corrected chi connectivity index (χ2v) is 8.05. The van der Waals surface area contributed by atoms with Gasteiger partial charge in [-0.05, 0) is 29.3 Å². The fourth-order valence-corrected chi connectivity index (χ4v) is 3.79. The number of aromatic nitrogens is 1. The summed E-state index contributed by atoms with van der Waals surface area (Å²) >= 11 is 1.30. The van der Waals surface area contributed by atoms with Crippen molar-refractivity contribution in [3.63, 3.8) is 0 Å². The third-order valence-electron chi connectivity index (χ3n) is 4.78. The number of para-hydroxylation sites is 1. The minimum atomic E-state index is -0.827. The van der Waals surface area contributed by atoms with Gasteiger partial charge in [0.15, 0.2) is 6.61 Å². The third-order valence-corrected chi connectivity index (χ3v) is 5.65. The van der Waals surface area contributed by atoms with Crippen LogP contribution < -0.4 is 5.32 Å². The zero-order chi connectivity index (χ0) is 21.0. The number of thiophene rings is 1. The molecule has 0 radical (unpaired) electrons. The maximum Gasteiger partial charge on any atom is 0.329 e. The number of hydrogen-bond donors (Lipinski definition) is 2. The van der Waals surface area contributed by atoms with Crippen LogP contribution in [0.25, 0.3) is 10.9 Å². The van der Waals surface area contributed by atoms with Gasteiger partial charge in [0, 0.05) is 22.7 Å². The molecule has 0 aliphatic heterocycles. The minimum absolute atomic E-state index is 0.179. The first kappa shape index (κ1) is 20.8. The van der Waals surface area contributed by atoms with Crippen molar-refractivity contribution in [3.8, 4) is 0 Å². The second-order valence-electron chi connectivity index (χ2n) is 7.10. The number of H-pyrrole nitrogens is 1. The van der Waals surface area contributed by atoms with Crippen molar-refractivity contribution in [1.29, 1.82) is 0 Å². The van der Waals surface area contributed by atoms with Gasteiger partial charge in [-0.2, -0.15) is 0 Å². The summed E-state index contributed by atoms with van der Waals surface area (Å²) in [5.74, 6) is -1.41. The Kier molecular flexibility index (Phi) is 6.49. The number of esters is 1. The SMILES string of the molecule is CCc1cccc2c(C(=O)COC(=O)[C@H](NC(=O)c3cccs3)C(C)C)c[nH]c12. The molecule has 2 N–H and O–H groups in total. The highest BCUT2D eigenvalue weighted by atomic mass is 32.1. The lowest BCUT2D eigenvalue weighted by molar-refractivity contribution is -0.145. The van der Waals surface area contributed by atoms with Gasteiger partial charge in [0.05, 0.1) is 4.88 Å². The molecule has 1 aromatic carbocycles. The Morgan fingerprint density at radius 2 is 1.97 bits per heavy atom. The molecule has 2 heterocycles. The molecule has 1 atom stereocenters. The molecule has 7 heteroatoms. The number of Topliss-reactive ketones (excluding diaryl/α,β-unsaturated/α-hetero) is 1. The number of nitrogens with one attached hydrogen (secondary N) is 2. The van der Waals surface area contributed by atoms with Crippen molar-refractivity contribution >= 4 is 39.9 Å². The van der Waals surface area contributed by atoms with Crippen LogP contribution in [-0.2, 0) is 16.0 Å². The maximum absolute atomic E-state index is 12.6. The highest BCUT2D eigenvalue weighted by molar-refractivity contribution is 7.12. The monoisotopic (exact) mass is 412 g/mol. The number of rotatable bonds is 8. The first-order chi connectivity index (χ1) is 13.9. The molecule has 0 saturated heterocycles. The van der Waals surface area contributed by atoms with Crippen molar-refractivity contribution < 1.29 is 19.1 Å². The molecule has 1 amide bonds. The molecule has 0 spiro atoms. The number of fused-ring (bicyclic) bond motifs is 1. The zero-order valence-corrected chi connectivity index (χ0v) is 17.5. The summed E-state index contributed by atoms with van der Waals surface area (Å²) in [5, 5.41) is 5.31. The van der Waals surface area contributed by atoms with Crippen LogP contribution in [0, 0.1) is 5.92 Å². The molecule has 0 aliphatic carbocycles. The molecule has 2 aromatic heterocycles. The van der Waals surface area contributed by atoms with E-state index < -0.39 is 12.0 Å². The van der Waals surface area contributed by atoms with E-state index >= 15 is 0 Å². The Balaban J connectivity index is 1.67. The van der Waals surface area contributed by atoms with Crippen LogP contribution in [0.5, 0.6) is 0 Å². The van der Waals surface area contributed by atoms with Crippen molar-refractivity contribution in [3.05, 3.63) is 57.9 Å². The zero-order valence-electron chi connectivity index (χ0n) is 16.7. The predicted molar refractivity (Wildman–Crippen MR) is 113 cm³/mol. The van der Waals surface area contributed by atoms with E-state index in [4.69, 9.17) is 4.74 Å². The van der Waals surface area contributed by atoms with Gasteiger partial charge in [-0.3, -0.25) is 9.59 Å². The van der Waals surface area contributed by atoms with E-state index in [1.807, 2.05) is 32.0 Å². The Morgan fingerprint density at radius 3 is 2.62 bits per heavy atom. The lowest BCUT2D eigenvalue weighted by Crippen LogP contribution is -2.45. The molecule has 0 unspecified atom stereocenters. The van der Waals surface area contributed by atoms with Gasteiger partial charge in [-0.1, -0.05) is 45.0 Å². The first-order valence-corrected chi connectivity index (χ1v) is 10.4. The lowest BCUT2D eigenvalue weighted by Gasteiger charge is -2.20. The summed E-state index contributed by atoms with van der Waals surface area (Å²) in [5.41, 5.74) is 2.54. The molecule has 0 bridgehead atoms. The molecule has 0 saturated carbocycles. The van der Waals surface area contributed by atoms with E-state index in [9.17, 15) is 14.4 Å². The van der Waals surface area contributed by atoms with Crippen LogP contribution in [0.3, 0.4) is 0 Å². The smallest absolute Gasteiger partial charge is 0.329 e. The van der Waals surface area contributed by atoms with E-state index in [0.717, 1.165) is 22.9 Å². The van der Waals surface area contributed by atoms with Crippen molar-refractivity contribution in [1.82, 2.24) is 10.3 Å².